The molecule has 6 heteroatoms. The third-order valence-electron chi connectivity index (χ3n) is 5.37. The molecular formula is C18H24N2O4. The molecule has 0 aromatic heterocycles. The molecule has 2 aliphatic heterocycles. The first kappa shape index (κ1) is 15.7. The Hall–Kier alpha value is -1.79. The van der Waals surface area contributed by atoms with Crippen LogP contribution in [0.2, 0.25) is 0 Å². The Labute approximate surface area is 141 Å². The lowest BCUT2D eigenvalue weighted by molar-refractivity contribution is -0.0581. The van der Waals surface area contributed by atoms with E-state index in [1.54, 1.807) is 12.1 Å². The SMILES string of the molecule is COc1cc(C(=O)N[C@H]2C[C@H]3CO[C@@H](C4CC4)CN3C2)ccc1O. The normalized spacial score (nSPS) is 30.0. The molecule has 0 bridgehead atoms. The van der Waals surface area contributed by atoms with E-state index in [0.29, 0.717) is 23.5 Å². The number of aromatic hydroxyl groups is 1. The number of benzene rings is 1. The van der Waals surface area contributed by atoms with Crippen molar-refractivity contribution in [3.05, 3.63) is 23.8 Å². The molecule has 1 saturated carbocycles. The number of hydrogen-bond acceptors (Lipinski definition) is 5. The molecule has 0 spiro atoms. The Morgan fingerprint density at radius 2 is 2.21 bits per heavy atom. The minimum Gasteiger partial charge on any atom is -0.504 e. The molecule has 1 aromatic rings. The molecule has 4 rings (SSSR count). The van der Waals surface area contributed by atoms with Crippen molar-refractivity contribution in [3.63, 3.8) is 0 Å². The van der Waals surface area contributed by atoms with Crippen molar-refractivity contribution >= 4 is 5.91 Å². The summed E-state index contributed by atoms with van der Waals surface area (Å²) in [6.07, 6.45) is 3.91. The minimum absolute atomic E-state index is 0.0373. The fourth-order valence-corrected chi connectivity index (χ4v) is 3.85. The van der Waals surface area contributed by atoms with E-state index in [1.807, 2.05) is 0 Å². The zero-order valence-electron chi connectivity index (χ0n) is 13.9. The van der Waals surface area contributed by atoms with E-state index in [0.717, 1.165) is 32.0 Å². The molecule has 1 aliphatic carbocycles. The highest BCUT2D eigenvalue weighted by Crippen LogP contribution is 2.38. The highest BCUT2D eigenvalue weighted by Gasteiger charge is 2.42. The van der Waals surface area contributed by atoms with Crippen molar-refractivity contribution in [1.82, 2.24) is 10.2 Å². The summed E-state index contributed by atoms with van der Waals surface area (Å²) >= 11 is 0. The van der Waals surface area contributed by atoms with Crippen LogP contribution in [0.25, 0.3) is 0 Å². The second-order valence-electron chi connectivity index (χ2n) is 7.11. The summed E-state index contributed by atoms with van der Waals surface area (Å²) in [7, 11) is 1.47. The van der Waals surface area contributed by atoms with Crippen LogP contribution >= 0.6 is 0 Å². The van der Waals surface area contributed by atoms with Crippen LogP contribution in [0.5, 0.6) is 11.5 Å². The van der Waals surface area contributed by atoms with E-state index in [-0.39, 0.29) is 17.7 Å². The molecule has 2 saturated heterocycles. The maximum Gasteiger partial charge on any atom is 0.251 e. The number of ether oxygens (including phenoxy) is 2. The van der Waals surface area contributed by atoms with Gasteiger partial charge in [-0.25, -0.2) is 0 Å². The van der Waals surface area contributed by atoms with Gasteiger partial charge >= 0.3 is 0 Å². The zero-order chi connectivity index (χ0) is 16.7. The molecule has 3 aliphatic rings. The molecule has 2 heterocycles. The Balaban J connectivity index is 1.36. The second-order valence-corrected chi connectivity index (χ2v) is 7.11. The molecular weight excluding hydrogens is 308 g/mol. The topological polar surface area (TPSA) is 71.0 Å². The average molecular weight is 332 g/mol. The minimum atomic E-state index is -0.127. The number of carbonyl (C=O) groups excluding carboxylic acids is 1. The summed E-state index contributed by atoms with van der Waals surface area (Å²) in [5.41, 5.74) is 0.502. The molecule has 1 aromatic carbocycles. The predicted molar refractivity (Wildman–Crippen MR) is 88.4 cm³/mol. The number of amides is 1. The Kier molecular flexibility index (Phi) is 4.10. The van der Waals surface area contributed by atoms with Crippen LogP contribution in [-0.4, -0.2) is 60.9 Å². The van der Waals surface area contributed by atoms with Gasteiger partial charge in [0.25, 0.3) is 5.91 Å². The molecule has 3 atom stereocenters. The predicted octanol–water partition coefficient (Wildman–Crippen LogP) is 1.38. The van der Waals surface area contributed by atoms with Crippen molar-refractivity contribution < 1.29 is 19.4 Å². The molecule has 130 valence electrons. The average Bonchev–Trinajstić information content (AvgIpc) is 3.35. The highest BCUT2D eigenvalue weighted by atomic mass is 16.5. The van der Waals surface area contributed by atoms with Crippen LogP contribution in [-0.2, 0) is 4.74 Å². The third kappa shape index (κ3) is 3.08. The van der Waals surface area contributed by atoms with Gasteiger partial charge in [-0.15, -0.1) is 0 Å². The van der Waals surface area contributed by atoms with Crippen molar-refractivity contribution in [2.45, 2.75) is 37.5 Å². The van der Waals surface area contributed by atoms with Gasteiger partial charge in [0.2, 0.25) is 0 Å². The summed E-state index contributed by atoms with van der Waals surface area (Å²) < 4.78 is 11.1. The molecule has 0 radical (unpaired) electrons. The maximum absolute atomic E-state index is 12.5. The number of nitrogens with zero attached hydrogens (tertiary/aromatic N) is 1. The van der Waals surface area contributed by atoms with Gasteiger partial charge in [0.05, 0.1) is 19.8 Å². The van der Waals surface area contributed by atoms with E-state index >= 15 is 0 Å². The van der Waals surface area contributed by atoms with Crippen molar-refractivity contribution in [2.24, 2.45) is 5.92 Å². The fraction of sp³-hybridized carbons (Fsp3) is 0.611. The standard InChI is InChI=1S/C18H24N2O4/c1-23-16-6-12(4-5-15(16)21)18(22)19-13-7-14-10-24-17(11-2-3-11)9-20(14)8-13/h4-6,11,13-14,17,21H,2-3,7-10H2,1H3,(H,19,22)/t13-,14-,17+/m0/s1. The number of nitrogens with one attached hydrogen (secondary N) is 1. The van der Waals surface area contributed by atoms with Crippen LogP contribution < -0.4 is 10.1 Å². The van der Waals surface area contributed by atoms with E-state index in [2.05, 4.69) is 10.2 Å². The van der Waals surface area contributed by atoms with E-state index in [1.165, 1.54) is 26.0 Å². The van der Waals surface area contributed by atoms with Gasteiger partial charge in [0, 0.05) is 30.7 Å². The van der Waals surface area contributed by atoms with Gasteiger partial charge in [-0.2, -0.15) is 0 Å². The van der Waals surface area contributed by atoms with Gasteiger partial charge in [0.1, 0.15) is 0 Å². The molecule has 3 fully saturated rings. The molecule has 2 N–H and O–H groups in total. The van der Waals surface area contributed by atoms with Crippen LogP contribution in [0.15, 0.2) is 18.2 Å². The zero-order valence-corrected chi connectivity index (χ0v) is 13.9. The summed E-state index contributed by atoms with van der Waals surface area (Å²) in [5, 5.41) is 12.7. The number of hydrogen-bond donors (Lipinski definition) is 2. The number of fused-ring (bicyclic) bond motifs is 1. The third-order valence-corrected chi connectivity index (χ3v) is 5.37. The van der Waals surface area contributed by atoms with Crippen molar-refractivity contribution in [2.75, 3.05) is 26.8 Å². The van der Waals surface area contributed by atoms with Gasteiger partial charge in [-0.3, -0.25) is 9.69 Å². The Morgan fingerprint density at radius 1 is 1.38 bits per heavy atom. The molecule has 0 unspecified atom stereocenters. The fourth-order valence-electron chi connectivity index (χ4n) is 3.85. The summed E-state index contributed by atoms with van der Waals surface area (Å²) in [5.74, 6) is 0.976. The van der Waals surface area contributed by atoms with Gasteiger partial charge in [-0.05, 0) is 43.4 Å². The number of morpholine rings is 1. The number of phenolic OH excluding ortho intramolecular Hbond substituents is 1. The van der Waals surface area contributed by atoms with Crippen LogP contribution in [0.4, 0.5) is 0 Å². The van der Waals surface area contributed by atoms with E-state index in [9.17, 15) is 9.90 Å². The summed E-state index contributed by atoms with van der Waals surface area (Å²) in [4.78, 5) is 14.9. The number of phenols is 1. The number of rotatable bonds is 4. The number of carbonyl (C=O) groups is 1. The van der Waals surface area contributed by atoms with Crippen LogP contribution in [0.3, 0.4) is 0 Å². The molecule has 24 heavy (non-hydrogen) atoms. The number of methoxy groups -OCH3 is 1. The second kappa shape index (κ2) is 6.26. The quantitative estimate of drug-likeness (QED) is 0.872. The van der Waals surface area contributed by atoms with Crippen LogP contribution in [0.1, 0.15) is 29.6 Å². The van der Waals surface area contributed by atoms with Gasteiger partial charge in [0.15, 0.2) is 11.5 Å². The monoisotopic (exact) mass is 332 g/mol. The lowest BCUT2D eigenvalue weighted by Crippen LogP contribution is -2.47. The lowest BCUT2D eigenvalue weighted by Gasteiger charge is -2.35. The summed E-state index contributed by atoms with van der Waals surface area (Å²) in [6, 6.07) is 5.23. The first-order chi connectivity index (χ1) is 11.6. The largest absolute Gasteiger partial charge is 0.504 e. The Morgan fingerprint density at radius 3 is 2.96 bits per heavy atom. The first-order valence-corrected chi connectivity index (χ1v) is 8.67. The van der Waals surface area contributed by atoms with Gasteiger partial charge in [-0.1, -0.05) is 0 Å². The Bertz CT molecular complexity index is 631. The molecule has 6 nitrogen and oxygen atoms in total. The lowest BCUT2D eigenvalue weighted by atomic mass is 10.1. The van der Waals surface area contributed by atoms with E-state index in [4.69, 9.17) is 9.47 Å². The maximum atomic E-state index is 12.5. The smallest absolute Gasteiger partial charge is 0.251 e. The molecule has 1 amide bonds. The summed E-state index contributed by atoms with van der Waals surface area (Å²) in [6.45, 7) is 2.66. The first-order valence-electron chi connectivity index (χ1n) is 8.67. The van der Waals surface area contributed by atoms with Gasteiger partial charge < -0.3 is 19.9 Å². The van der Waals surface area contributed by atoms with Crippen molar-refractivity contribution in [1.29, 1.82) is 0 Å². The van der Waals surface area contributed by atoms with Crippen LogP contribution in [0, 0.1) is 5.92 Å². The van der Waals surface area contributed by atoms with E-state index < -0.39 is 0 Å². The van der Waals surface area contributed by atoms with Crippen molar-refractivity contribution in [3.8, 4) is 11.5 Å². The highest BCUT2D eigenvalue weighted by molar-refractivity contribution is 5.95.